The Bertz CT molecular complexity index is 539. The minimum absolute atomic E-state index is 0.109. The summed E-state index contributed by atoms with van der Waals surface area (Å²) in [4.78, 5) is 0. The third-order valence-electron chi connectivity index (χ3n) is 3.58. The first-order valence-electron chi connectivity index (χ1n) is 7.15. The van der Waals surface area contributed by atoms with E-state index in [0.717, 1.165) is 24.9 Å². The molecule has 0 amide bonds. The highest BCUT2D eigenvalue weighted by atomic mass is 32.2. The van der Waals surface area contributed by atoms with Crippen molar-refractivity contribution in [3.63, 3.8) is 0 Å². The SMILES string of the molecule is CCNC(C)c1ccccc1NS(=O)(=O)N1CCCC1. The van der Waals surface area contributed by atoms with Gasteiger partial charge in [-0.2, -0.15) is 12.7 Å². The van der Waals surface area contributed by atoms with Crippen molar-refractivity contribution in [2.24, 2.45) is 0 Å². The second-order valence-electron chi connectivity index (χ2n) is 5.08. The molecule has 1 aromatic rings. The second-order valence-corrected chi connectivity index (χ2v) is 6.75. The van der Waals surface area contributed by atoms with Gasteiger partial charge in [0.15, 0.2) is 0 Å². The molecule has 1 saturated heterocycles. The first kappa shape index (κ1) is 15.3. The largest absolute Gasteiger partial charge is 0.310 e. The van der Waals surface area contributed by atoms with Crippen LogP contribution in [0.15, 0.2) is 24.3 Å². The molecule has 1 fully saturated rings. The Balaban J connectivity index is 2.20. The summed E-state index contributed by atoms with van der Waals surface area (Å²) < 4.78 is 28.9. The smallest absolute Gasteiger partial charge is 0.301 e. The van der Waals surface area contributed by atoms with Gasteiger partial charge in [-0.15, -0.1) is 0 Å². The van der Waals surface area contributed by atoms with Crippen molar-refractivity contribution in [3.05, 3.63) is 29.8 Å². The summed E-state index contributed by atoms with van der Waals surface area (Å²) in [6.45, 7) is 6.13. The maximum Gasteiger partial charge on any atom is 0.301 e. The molecule has 0 aromatic heterocycles. The minimum Gasteiger partial charge on any atom is -0.310 e. The summed E-state index contributed by atoms with van der Waals surface area (Å²) in [5.41, 5.74) is 1.63. The van der Waals surface area contributed by atoms with Gasteiger partial charge in [0, 0.05) is 19.1 Å². The van der Waals surface area contributed by atoms with Crippen LogP contribution in [0.1, 0.15) is 38.3 Å². The summed E-state index contributed by atoms with van der Waals surface area (Å²) >= 11 is 0. The van der Waals surface area contributed by atoms with Crippen molar-refractivity contribution in [1.29, 1.82) is 0 Å². The molecule has 0 bridgehead atoms. The van der Waals surface area contributed by atoms with E-state index in [2.05, 4.69) is 10.0 Å². The van der Waals surface area contributed by atoms with E-state index < -0.39 is 10.2 Å². The van der Waals surface area contributed by atoms with E-state index in [9.17, 15) is 8.42 Å². The van der Waals surface area contributed by atoms with Gasteiger partial charge in [0.05, 0.1) is 5.69 Å². The number of hydrogen-bond acceptors (Lipinski definition) is 3. The molecule has 20 heavy (non-hydrogen) atoms. The fourth-order valence-corrected chi connectivity index (χ4v) is 3.85. The molecule has 0 spiro atoms. The van der Waals surface area contributed by atoms with E-state index in [0.29, 0.717) is 18.8 Å². The Labute approximate surface area is 121 Å². The Hall–Kier alpha value is -1.11. The average molecular weight is 297 g/mol. The van der Waals surface area contributed by atoms with Gasteiger partial charge in [0.1, 0.15) is 0 Å². The van der Waals surface area contributed by atoms with Crippen LogP contribution in [0.4, 0.5) is 5.69 Å². The molecular formula is C14H23N3O2S. The topological polar surface area (TPSA) is 61.4 Å². The molecule has 0 radical (unpaired) electrons. The molecule has 0 saturated carbocycles. The third kappa shape index (κ3) is 3.50. The second kappa shape index (κ2) is 6.56. The zero-order chi connectivity index (χ0) is 14.6. The maximum absolute atomic E-state index is 12.3. The molecule has 1 aliphatic heterocycles. The lowest BCUT2D eigenvalue weighted by Gasteiger charge is -2.21. The van der Waals surface area contributed by atoms with Crippen LogP contribution in [0.2, 0.25) is 0 Å². The molecule has 2 N–H and O–H groups in total. The Kier molecular flexibility index (Phi) is 5.01. The van der Waals surface area contributed by atoms with Crippen LogP contribution < -0.4 is 10.0 Å². The number of para-hydroxylation sites is 1. The van der Waals surface area contributed by atoms with Crippen molar-refractivity contribution in [2.45, 2.75) is 32.7 Å². The van der Waals surface area contributed by atoms with Crippen molar-refractivity contribution in [3.8, 4) is 0 Å². The Morgan fingerprint density at radius 1 is 1.25 bits per heavy atom. The molecule has 6 heteroatoms. The predicted octanol–water partition coefficient (Wildman–Crippen LogP) is 2.11. The standard InChI is InChI=1S/C14H23N3O2S/c1-3-15-12(2)13-8-4-5-9-14(13)16-20(18,19)17-10-6-7-11-17/h4-5,8-9,12,15-16H,3,6-7,10-11H2,1-2H3. The predicted molar refractivity (Wildman–Crippen MR) is 81.9 cm³/mol. The van der Waals surface area contributed by atoms with Crippen molar-refractivity contribution < 1.29 is 8.42 Å². The molecule has 1 atom stereocenters. The minimum atomic E-state index is -3.43. The first-order chi connectivity index (χ1) is 9.54. The first-order valence-corrected chi connectivity index (χ1v) is 8.59. The van der Waals surface area contributed by atoms with Crippen LogP contribution in [-0.4, -0.2) is 32.4 Å². The lowest BCUT2D eigenvalue weighted by atomic mass is 10.1. The molecule has 2 rings (SSSR count). The van der Waals surface area contributed by atoms with E-state index >= 15 is 0 Å². The van der Waals surface area contributed by atoms with Crippen LogP contribution in [0.3, 0.4) is 0 Å². The van der Waals surface area contributed by atoms with Crippen molar-refractivity contribution in [2.75, 3.05) is 24.4 Å². The van der Waals surface area contributed by atoms with Crippen LogP contribution >= 0.6 is 0 Å². The number of nitrogens with one attached hydrogen (secondary N) is 2. The third-order valence-corrected chi connectivity index (χ3v) is 5.10. The van der Waals surface area contributed by atoms with E-state index in [1.165, 1.54) is 4.31 Å². The fraction of sp³-hybridized carbons (Fsp3) is 0.571. The highest BCUT2D eigenvalue weighted by Gasteiger charge is 2.26. The average Bonchev–Trinajstić information content (AvgIpc) is 2.94. The zero-order valence-electron chi connectivity index (χ0n) is 12.1. The number of nitrogens with zero attached hydrogens (tertiary/aromatic N) is 1. The van der Waals surface area contributed by atoms with Crippen LogP contribution in [0.25, 0.3) is 0 Å². The van der Waals surface area contributed by atoms with Gasteiger partial charge in [-0.25, -0.2) is 0 Å². The van der Waals surface area contributed by atoms with E-state index in [1.807, 2.05) is 38.1 Å². The number of anilines is 1. The zero-order valence-corrected chi connectivity index (χ0v) is 12.9. The summed E-state index contributed by atoms with van der Waals surface area (Å²) in [5, 5.41) is 3.31. The molecule has 0 aliphatic carbocycles. The summed E-state index contributed by atoms with van der Waals surface area (Å²) in [5.74, 6) is 0. The lowest BCUT2D eigenvalue weighted by molar-refractivity contribution is 0.482. The molecule has 1 unspecified atom stereocenters. The van der Waals surface area contributed by atoms with Gasteiger partial charge in [-0.05, 0) is 37.9 Å². The monoisotopic (exact) mass is 297 g/mol. The van der Waals surface area contributed by atoms with Gasteiger partial charge in [-0.1, -0.05) is 25.1 Å². The molecular weight excluding hydrogens is 274 g/mol. The van der Waals surface area contributed by atoms with Crippen LogP contribution in [-0.2, 0) is 10.2 Å². The molecule has 1 aromatic carbocycles. The van der Waals surface area contributed by atoms with Gasteiger partial charge >= 0.3 is 10.2 Å². The Morgan fingerprint density at radius 2 is 1.90 bits per heavy atom. The lowest BCUT2D eigenvalue weighted by Crippen LogP contribution is -2.34. The summed E-state index contributed by atoms with van der Waals surface area (Å²) in [6.07, 6.45) is 1.88. The number of rotatable bonds is 6. The van der Waals surface area contributed by atoms with E-state index in [4.69, 9.17) is 0 Å². The quantitative estimate of drug-likeness (QED) is 0.845. The summed E-state index contributed by atoms with van der Waals surface area (Å²) in [6, 6.07) is 7.66. The van der Waals surface area contributed by atoms with Gasteiger partial charge in [-0.3, -0.25) is 4.72 Å². The molecule has 1 aliphatic rings. The highest BCUT2D eigenvalue weighted by Crippen LogP contribution is 2.25. The number of hydrogen-bond donors (Lipinski definition) is 2. The van der Waals surface area contributed by atoms with E-state index in [-0.39, 0.29) is 6.04 Å². The van der Waals surface area contributed by atoms with Gasteiger partial charge in [0.25, 0.3) is 0 Å². The molecule has 5 nitrogen and oxygen atoms in total. The summed E-state index contributed by atoms with van der Waals surface area (Å²) in [7, 11) is -3.43. The molecule has 112 valence electrons. The highest BCUT2D eigenvalue weighted by molar-refractivity contribution is 7.90. The van der Waals surface area contributed by atoms with Crippen molar-refractivity contribution in [1.82, 2.24) is 9.62 Å². The molecule has 1 heterocycles. The Morgan fingerprint density at radius 3 is 2.55 bits per heavy atom. The van der Waals surface area contributed by atoms with Gasteiger partial charge in [0.2, 0.25) is 0 Å². The normalized spacial score (nSPS) is 18.1. The van der Waals surface area contributed by atoms with Crippen LogP contribution in [0, 0.1) is 0 Å². The van der Waals surface area contributed by atoms with E-state index in [1.54, 1.807) is 0 Å². The number of benzene rings is 1. The van der Waals surface area contributed by atoms with Gasteiger partial charge < -0.3 is 5.32 Å². The van der Waals surface area contributed by atoms with Crippen LogP contribution in [0.5, 0.6) is 0 Å². The fourth-order valence-electron chi connectivity index (χ4n) is 2.52. The maximum atomic E-state index is 12.3. The van der Waals surface area contributed by atoms with Crippen molar-refractivity contribution >= 4 is 15.9 Å².